The van der Waals surface area contributed by atoms with Crippen molar-refractivity contribution in [3.8, 4) is 0 Å². The summed E-state index contributed by atoms with van der Waals surface area (Å²) < 4.78 is 5.15. The Morgan fingerprint density at radius 1 is 1.12 bits per heavy atom. The average molecular weight is 214 g/mol. The molecule has 2 heteroatoms. The lowest BCUT2D eigenvalue weighted by Crippen LogP contribution is -2.04. The van der Waals surface area contributed by atoms with Crippen molar-refractivity contribution in [2.45, 2.75) is 20.0 Å². The Bertz CT molecular complexity index is 517. The highest BCUT2D eigenvalue weighted by Gasteiger charge is 2.08. The summed E-state index contributed by atoms with van der Waals surface area (Å²) in [5, 5.41) is 2.36. The molecule has 0 fully saturated rings. The van der Waals surface area contributed by atoms with Gasteiger partial charge < -0.3 is 4.74 Å². The molecule has 0 saturated carbocycles. The van der Waals surface area contributed by atoms with Gasteiger partial charge in [0.25, 0.3) is 0 Å². The van der Waals surface area contributed by atoms with Crippen LogP contribution in [-0.2, 0) is 9.53 Å². The van der Waals surface area contributed by atoms with Gasteiger partial charge in [0.05, 0.1) is 0 Å². The maximum Gasteiger partial charge on any atom is 0.303 e. The van der Waals surface area contributed by atoms with Crippen LogP contribution < -0.4 is 0 Å². The van der Waals surface area contributed by atoms with E-state index in [1.807, 2.05) is 31.2 Å². The molecule has 2 aromatic carbocycles. The summed E-state index contributed by atoms with van der Waals surface area (Å²) in [5.74, 6) is -0.249. The number of benzene rings is 2. The fourth-order valence-corrected chi connectivity index (χ4v) is 1.78. The third-order valence-corrected chi connectivity index (χ3v) is 2.59. The topological polar surface area (TPSA) is 26.3 Å². The minimum absolute atomic E-state index is 0.192. The molecule has 2 aromatic rings. The fraction of sp³-hybridized carbons (Fsp3) is 0.214. The largest absolute Gasteiger partial charge is 0.458 e. The Morgan fingerprint density at radius 2 is 1.81 bits per heavy atom. The summed E-state index contributed by atoms with van der Waals surface area (Å²) in [4.78, 5) is 10.9. The number of ether oxygens (including phenoxy) is 1. The maximum atomic E-state index is 10.9. The molecule has 16 heavy (non-hydrogen) atoms. The van der Waals surface area contributed by atoms with E-state index in [2.05, 4.69) is 18.2 Å². The second kappa shape index (κ2) is 4.35. The maximum absolute atomic E-state index is 10.9. The van der Waals surface area contributed by atoms with E-state index < -0.39 is 0 Å². The second-order valence-corrected chi connectivity index (χ2v) is 3.86. The number of carbonyl (C=O) groups is 1. The SMILES string of the molecule is CC(=O)O[C@@H](C)c1ccc2ccccc2c1. The summed E-state index contributed by atoms with van der Waals surface area (Å²) >= 11 is 0. The Morgan fingerprint density at radius 3 is 2.50 bits per heavy atom. The van der Waals surface area contributed by atoms with Crippen molar-refractivity contribution in [1.29, 1.82) is 0 Å². The van der Waals surface area contributed by atoms with Crippen LogP contribution in [-0.4, -0.2) is 5.97 Å². The monoisotopic (exact) mass is 214 g/mol. The number of fused-ring (bicyclic) bond motifs is 1. The lowest BCUT2D eigenvalue weighted by atomic mass is 10.0. The molecule has 0 spiro atoms. The van der Waals surface area contributed by atoms with Gasteiger partial charge in [0.1, 0.15) is 6.10 Å². The number of carbonyl (C=O) groups excluding carboxylic acids is 1. The molecule has 0 aliphatic rings. The van der Waals surface area contributed by atoms with E-state index in [4.69, 9.17) is 4.74 Å². The van der Waals surface area contributed by atoms with E-state index in [9.17, 15) is 4.79 Å². The molecule has 1 atom stereocenters. The minimum atomic E-state index is -0.249. The van der Waals surface area contributed by atoms with Crippen LogP contribution in [0.15, 0.2) is 42.5 Å². The Labute approximate surface area is 94.8 Å². The summed E-state index contributed by atoms with van der Waals surface area (Å²) in [5.41, 5.74) is 1.02. The van der Waals surface area contributed by atoms with Gasteiger partial charge in [-0.05, 0) is 29.3 Å². The summed E-state index contributed by atoms with van der Waals surface area (Å²) in [6.45, 7) is 3.31. The molecule has 0 amide bonds. The smallest absolute Gasteiger partial charge is 0.303 e. The van der Waals surface area contributed by atoms with Crippen LogP contribution in [0.1, 0.15) is 25.5 Å². The average Bonchev–Trinajstić information content (AvgIpc) is 2.27. The van der Waals surface area contributed by atoms with Gasteiger partial charge >= 0.3 is 5.97 Å². The molecule has 0 bridgehead atoms. The molecule has 0 aromatic heterocycles. The van der Waals surface area contributed by atoms with Crippen molar-refractivity contribution in [2.24, 2.45) is 0 Å². The molecule has 2 nitrogen and oxygen atoms in total. The highest BCUT2D eigenvalue weighted by molar-refractivity contribution is 5.83. The van der Waals surface area contributed by atoms with Gasteiger partial charge in [0, 0.05) is 6.92 Å². The molecular formula is C14H14O2. The van der Waals surface area contributed by atoms with Gasteiger partial charge in [-0.25, -0.2) is 0 Å². The van der Waals surface area contributed by atoms with E-state index in [0.29, 0.717) is 0 Å². The van der Waals surface area contributed by atoms with Gasteiger partial charge in [0.2, 0.25) is 0 Å². The lowest BCUT2D eigenvalue weighted by molar-refractivity contribution is -0.145. The van der Waals surface area contributed by atoms with Crippen LogP contribution in [0.2, 0.25) is 0 Å². The van der Waals surface area contributed by atoms with E-state index in [1.54, 1.807) is 0 Å². The predicted molar refractivity (Wildman–Crippen MR) is 64.1 cm³/mol. The summed E-state index contributed by atoms with van der Waals surface area (Å²) in [6.07, 6.45) is -0.192. The predicted octanol–water partition coefficient (Wildman–Crippen LogP) is 3.46. The van der Waals surface area contributed by atoms with Gasteiger partial charge in [0.15, 0.2) is 0 Å². The first kappa shape index (κ1) is 10.7. The summed E-state index contributed by atoms with van der Waals surface area (Å²) in [6, 6.07) is 14.2. The number of rotatable bonds is 2. The molecule has 0 radical (unpaired) electrons. The van der Waals surface area contributed by atoms with Crippen molar-refractivity contribution in [1.82, 2.24) is 0 Å². The fourth-order valence-electron chi connectivity index (χ4n) is 1.78. The van der Waals surface area contributed by atoms with Crippen molar-refractivity contribution in [3.05, 3.63) is 48.0 Å². The number of esters is 1. The zero-order valence-corrected chi connectivity index (χ0v) is 9.44. The van der Waals surface area contributed by atoms with Gasteiger partial charge in [-0.15, -0.1) is 0 Å². The first-order valence-electron chi connectivity index (χ1n) is 5.33. The molecule has 2 rings (SSSR count). The summed E-state index contributed by atoms with van der Waals surface area (Å²) in [7, 11) is 0. The molecule has 82 valence electrons. The zero-order chi connectivity index (χ0) is 11.5. The van der Waals surface area contributed by atoms with Crippen molar-refractivity contribution in [3.63, 3.8) is 0 Å². The van der Waals surface area contributed by atoms with Crippen LogP contribution in [0, 0.1) is 0 Å². The highest BCUT2D eigenvalue weighted by Crippen LogP contribution is 2.22. The van der Waals surface area contributed by atoms with E-state index in [-0.39, 0.29) is 12.1 Å². The molecular weight excluding hydrogens is 200 g/mol. The first-order chi connectivity index (χ1) is 7.66. The molecule has 0 heterocycles. The van der Waals surface area contributed by atoms with Crippen LogP contribution in [0.3, 0.4) is 0 Å². The highest BCUT2D eigenvalue weighted by atomic mass is 16.5. The van der Waals surface area contributed by atoms with Gasteiger partial charge in [-0.1, -0.05) is 36.4 Å². The van der Waals surface area contributed by atoms with E-state index in [0.717, 1.165) is 5.56 Å². The third kappa shape index (κ3) is 2.22. The van der Waals surface area contributed by atoms with Gasteiger partial charge in [-0.3, -0.25) is 4.79 Å². The molecule has 0 aliphatic carbocycles. The molecule has 0 aliphatic heterocycles. The Hall–Kier alpha value is -1.83. The Balaban J connectivity index is 2.35. The first-order valence-corrected chi connectivity index (χ1v) is 5.33. The Kier molecular flexibility index (Phi) is 2.91. The number of hydrogen-bond donors (Lipinski definition) is 0. The third-order valence-electron chi connectivity index (χ3n) is 2.59. The van der Waals surface area contributed by atoms with Crippen molar-refractivity contribution >= 4 is 16.7 Å². The van der Waals surface area contributed by atoms with Crippen LogP contribution >= 0.6 is 0 Å². The molecule has 0 saturated heterocycles. The zero-order valence-electron chi connectivity index (χ0n) is 9.44. The van der Waals surface area contributed by atoms with Gasteiger partial charge in [-0.2, -0.15) is 0 Å². The quantitative estimate of drug-likeness (QED) is 0.715. The standard InChI is InChI=1S/C14H14O2/c1-10(16-11(2)15)13-8-7-12-5-3-4-6-14(12)9-13/h3-10H,1-2H3/t10-/m0/s1. The van der Waals surface area contributed by atoms with Crippen LogP contribution in [0.4, 0.5) is 0 Å². The minimum Gasteiger partial charge on any atom is -0.458 e. The van der Waals surface area contributed by atoms with Crippen molar-refractivity contribution in [2.75, 3.05) is 0 Å². The van der Waals surface area contributed by atoms with E-state index in [1.165, 1.54) is 17.7 Å². The molecule has 0 unspecified atom stereocenters. The lowest BCUT2D eigenvalue weighted by Gasteiger charge is -2.12. The van der Waals surface area contributed by atoms with E-state index >= 15 is 0 Å². The number of hydrogen-bond acceptors (Lipinski definition) is 2. The second-order valence-electron chi connectivity index (χ2n) is 3.86. The van der Waals surface area contributed by atoms with Crippen molar-refractivity contribution < 1.29 is 9.53 Å². The normalized spacial score (nSPS) is 12.4. The van der Waals surface area contributed by atoms with Crippen LogP contribution in [0.25, 0.3) is 10.8 Å². The van der Waals surface area contributed by atoms with Crippen LogP contribution in [0.5, 0.6) is 0 Å². The molecule has 0 N–H and O–H groups in total.